The molecule has 4 rings (SSSR count). The van der Waals surface area contributed by atoms with E-state index in [1.165, 1.54) is 11.1 Å². The zero-order valence-electron chi connectivity index (χ0n) is 17.4. The number of benzene rings is 2. The lowest BCUT2D eigenvalue weighted by Gasteiger charge is -2.24. The van der Waals surface area contributed by atoms with Crippen molar-refractivity contribution in [2.24, 2.45) is 0 Å². The number of nitrogens with one attached hydrogen (secondary N) is 1. The van der Waals surface area contributed by atoms with E-state index >= 15 is 0 Å². The summed E-state index contributed by atoms with van der Waals surface area (Å²) in [6.07, 6.45) is 2.51. The van der Waals surface area contributed by atoms with E-state index in [-0.39, 0.29) is 12.1 Å². The number of halogens is 2. The van der Waals surface area contributed by atoms with Crippen LogP contribution in [0.2, 0.25) is 10.0 Å². The van der Waals surface area contributed by atoms with Crippen molar-refractivity contribution < 1.29 is 9.47 Å². The van der Waals surface area contributed by atoms with E-state index in [1.54, 1.807) is 31.4 Å². The first-order valence-electron chi connectivity index (χ1n) is 10.1. The van der Waals surface area contributed by atoms with Crippen molar-refractivity contribution in [3.8, 4) is 17.1 Å². The third kappa shape index (κ3) is 4.26. The average Bonchev–Trinajstić information content (AvgIpc) is 3.11. The quantitative estimate of drug-likeness (QED) is 0.458. The molecular weight excluding hydrogens is 433 g/mol. The predicted molar refractivity (Wildman–Crippen MR) is 126 cm³/mol. The van der Waals surface area contributed by atoms with Crippen molar-refractivity contribution in [2.45, 2.75) is 25.5 Å². The average molecular weight is 456 g/mol. The molecular formula is C24H23Cl2N3O2. The Morgan fingerprint density at radius 2 is 2.00 bits per heavy atom. The summed E-state index contributed by atoms with van der Waals surface area (Å²) in [5, 5.41) is 4.54. The minimum absolute atomic E-state index is 0.00162. The molecule has 31 heavy (non-hydrogen) atoms. The summed E-state index contributed by atoms with van der Waals surface area (Å²) < 4.78 is 11.6. The van der Waals surface area contributed by atoms with Gasteiger partial charge in [-0.05, 0) is 42.3 Å². The van der Waals surface area contributed by atoms with Crippen molar-refractivity contribution in [3.63, 3.8) is 0 Å². The van der Waals surface area contributed by atoms with Gasteiger partial charge < -0.3 is 14.8 Å². The Hall–Kier alpha value is -2.60. The molecule has 0 radical (unpaired) electrons. The molecule has 1 aliphatic rings. The van der Waals surface area contributed by atoms with Crippen LogP contribution in [0, 0.1) is 0 Å². The molecule has 0 saturated carbocycles. The number of methoxy groups -OCH3 is 1. The minimum Gasteiger partial charge on any atom is -0.479 e. The lowest BCUT2D eigenvalue weighted by Crippen LogP contribution is -2.25. The van der Waals surface area contributed by atoms with Gasteiger partial charge in [-0.2, -0.15) is 4.98 Å². The molecule has 0 saturated heterocycles. The molecule has 7 heteroatoms. The van der Waals surface area contributed by atoms with Gasteiger partial charge in [-0.1, -0.05) is 54.0 Å². The van der Waals surface area contributed by atoms with E-state index in [9.17, 15) is 0 Å². The first kappa shape index (κ1) is 21.6. The Labute approximate surface area is 192 Å². The van der Waals surface area contributed by atoms with Crippen LogP contribution in [0.5, 0.6) is 5.88 Å². The lowest BCUT2D eigenvalue weighted by molar-refractivity contribution is 0.0573. The Morgan fingerprint density at radius 1 is 1.19 bits per heavy atom. The van der Waals surface area contributed by atoms with E-state index in [0.29, 0.717) is 45.3 Å². The van der Waals surface area contributed by atoms with Crippen LogP contribution in [0.3, 0.4) is 0 Å². The molecule has 0 spiro atoms. The highest BCUT2D eigenvalue weighted by Gasteiger charge is 2.33. The summed E-state index contributed by atoms with van der Waals surface area (Å²) in [7, 11) is 1.56. The third-order valence-corrected chi connectivity index (χ3v) is 5.87. The number of nitrogens with zero attached hydrogens (tertiary/aromatic N) is 2. The van der Waals surface area contributed by atoms with E-state index in [2.05, 4.69) is 24.0 Å². The van der Waals surface area contributed by atoms with Crippen LogP contribution in [0.15, 0.2) is 49.0 Å². The van der Waals surface area contributed by atoms with Crippen molar-refractivity contribution in [2.75, 3.05) is 19.0 Å². The van der Waals surface area contributed by atoms with Gasteiger partial charge in [0.2, 0.25) is 5.88 Å². The zero-order chi connectivity index (χ0) is 22.0. The molecule has 1 aromatic heterocycles. The van der Waals surface area contributed by atoms with Gasteiger partial charge in [0.05, 0.1) is 24.3 Å². The maximum atomic E-state index is 6.41. The molecule has 3 aromatic rings. The van der Waals surface area contributed by atoms with Crippen LogP contribution < -0.4 is 10.1 Å². The summed E-state index contributed by atoms with van der Waals surface area (Å²) in [6, 6.07) is 13.5. The van der Waals surface area contributed by atoms with Gasteiger partial charge >= 0.3 is 0 Å². The monoisotopic (exact) mass is 455 g/mol. The maximum absolute atomic E-state index is 6.41. The van der Waals surface area contributed by atoms with Gasteiger partial charge in [0.1, 0.15) is 11.4 Å². The van der Waals surface area contributed by atoms with Crippen LogP contribution in [0.4, 0.5) is 5.82 Å². The van der Waals surface area contributed by atoms with Gasteiger partial charge in [0.25, 0.3) is 0 Å². The smallest absolute Gasteiger partial charge is 0.242 e. The van der Waals surface area contributed by atoms with E-state index in [0.717, 1.165) is 6.42 Å². The van der Waals surface area contributed by atoms with Crippen LogP contribution in [-0.2, 0) is 11.2 Å². The van der Waals surface area contributed by atoms with Gasteiger partial charge in [0.15, 0.2) is 5.82 Å². The van der Waals surface area contributed by atoms with E-state index < -0.39 is 0 Å². The number of hydrogen-bond acceptors (Lipinski definition) is 5. The number of ether oxygens (including phenoxy) is 2. The van der Waals surface area contributed by atoms with Crippen LogP contribution >= 0.6 is 23.2 Å². The Kier molecular flexibility index (Phi) is 6.46. The zero-order valence-corrected chi connectivity index (χ0v) is 18.9. The first-order chi connectivity index (χ1) is 15.0. The number of hydrogen-bond donors (Lipinski definition) is 1. The summed E-state index contributed by atoms with van der Waals surface area (Å²) in [4.78, 5) is 9.47. The fraction of sp³-hybridized carbons (Fsp3) is 0.250. The Bertz CT molecular complexity index is 1120. The Balaban J connectivity index is 1.76. The number of aromatic nitrogens is 2. The summed E-state index contributed by atoms with van der Waals surface area (Å²) in [6.45, 7) is 6.56. The van der Waals surface area contributed by atoms with Crippen molar-refractivity contribution in [3.05, 3.63) is 75.9 Å². The number of fused-ring (bicyclic) bond motifs is 1. The second-order valence-electron chi connectivity index (χ2n) is 7.16. The van der Waals surface area contributed by atoms with Crippen LogP contribution in [-0.4, -0.2) is 29.8 Å². The van der Waals surface area contributed by atoms with Crippen molar-refractivity contribution in [1.82, 2.24) is 9.97 Å². The van der Waals surface area contributed by atoms with Crippen LogP contribution in [0.1, 0.15) is 29.8 Å². The molecule has 160 valence electrons. The topological polar surface area (TPSA) is 56.3 Å². The van der Waals surface area contributed by atoms with Gasteiger partial charge in [0, 0.05) is 23.6 Å². The second kappa shape index (κ2) is 9.27. The summed E-state index contributed by atoms with van der Waals surface area (Å²) >= 11 is 12.5. The minimum atomic E-state index is -0.0566. The van der Waals surface area contributed by atoms with E-state index in [1.807, 2.05) is 19.1 Å². The number of anilines is 1. The molecule has 2 aromatic carbocycles. The predicted octanol–water partition coefficient (Wildman–Crippen LogP) is 6.22. The Morgan fingerprint density at radius 3 is 2.71 bits per heavy atom. The normalized spacial score (nSPS) is 17.3. The van der Waals surface area contributed by atoms with Gasteiger partial charge in [-0.15, -0.1) is 0 Å². The molecule has 0 fully saturated rings. The second-order valence-corrected chi connectivity index (χ2v) is 8.01. The van der Waals surface area contributed by atoms with Gasteiger partial charge in [-0.3, -0.25) is 0 Å². The summed E-state index contributed by atoms with van der Waals surface area (Å²) in [5.41, 5.74) is 4.27. The van der Waals surface area contributed by atoms with Crippen LogP contribution in [0.25, 0.3) is 17.3 Å². The standard InChI is InChI=1S/C24H23Cl2N3O2/c1-4-19-23(28-21-16-9-7-6-8-14(16)12-20(21)31-5-2)29-24(30-3)22(27-19)17-11-10-15(25)13-18(17)26/h4,6-11,13,20-21H,1,5,12H2,2-3H3,(H,28,29)/t20-,21+/m0/s1. The molecule has 1 N–H and O–H groups in total. The highest BCUT2D eigenvalue weighted by Crippen LogP contribution is 2.39. The lowest BCUT2D eigenvalue weighted by atomic mass is 10.1. The molecule has 1 aliphatic carbocycles. The summed E-state index contributed by atoms with van der Waals surface area (Å²) in [5.74, 6) is 0.934. The molecule has 2 atom stereocenters. The molecule has 5 nitrogen and oxygen atoms in total. The SMILES string of the molecule is C=Cc1nc(-c2ccc(Cl)cc2Cl)c(OC)nc1N[C@@H]1c2ccccc2C[C@@H]1OCC. The highest BCUT2D eigenvalue weighted by molar-refractivity contribution is 6.36. The van der Waals surface area contributed by atoms with Gasteiger partial charge in [-0.25, -0.2) is 4.98 Å². The van der Waals surface area contributed by atoms with E-state index in [4.69, 9.17) is 42.6 Å². The number of rotatable bonds is 7. The molecule has 0 amide bonds. The maximum Gasteiger partial charge on any atom is 0.242 e. The third-order valence-electron chi connectivity index (χ3n) is 5.32. The molecule has 0 bridgehead atoms. The van der Waals surface area contributed by atoms with Crippen molar-refractivity contribution >= 4 is 35.1 Å². The first-order valence-corrected chi connectivity index (χ1v) is 10.8. The molecule has 1 heterocycles. The highest BCUT2D eigenvalue weighted by atomic mass is 35.5. The van der Waals surface area contributed by atoms with Crippen molar-refractivity contribution in [1.29, 1.82) is 0 Å². The largest absolute Gasteiger partial charge is 0.479 e. The molecule has 0 unspecified atom stereocenters. The fourth-order valence-corrected chi connectivity index (χ4v) is 4.42. The fourth-order valence-electron chi connectivity index (χ4n) is 3.93. The molecule has 0 aliphatic heterocycles.